The van der Waals surface area contributed by atoms with Crippen LogP contribution in [0.3, 0.4) is 0 Å². The minimum Gasteiger partial charge on any atom is -0.478 e. The van der Waals surface area contributed by atoms with Gasteiger partial charge in [0.25, 0.3) is 0 Å². The maximum atomic E-state index is 11.5. The van der Waals surface area contributed by atoms with Crippen molar-refractivity contribution in [2.24, 2.45) is 0 Å². The van der Waals surface area contributed by atoms with E-state index in [1.54, 1.807) is 12.1 Å². The van der Waals surface area contributed by atoms with Crippen LogP contribution in [-0.4, -0.2) is 29.8 Å². The molecule has 2 rings (SSSR count). The molecule has 0 spiro atoms. The Kier molecular flexibility index (Phi) is 3.64. The van der Waals surface area contributed by atoms with Gasteiger partial charge in [-0.3, -0.25) is 0 Å². The monoisotopic (exact) mass is 235 g/mol. The number of carbonyl (C=O) groups is 1. The van der Waals surface area contributed by atoms with Crippen LogP contribution in [0.5, 0.6) is 5.75 Å². The topological polar surface area (TPSA) is 58.6 Å². The number of aliphatic carboxylic acids is 1. The second-order valence-electron chi connectivity index (χ2n) is 4.32. The molecule has 17 heavy (non-hydrogen) atoms. The number of ether oxygens (including phenoxy) is 1. The zero-order chi connectivity index (χ0) is 12.1. The van der Waals surface area contributed by atoms with E-state index in [9.17, 15) is 9.90 Å². The highest BCUT2D eigenvalue weighted by Gasteiger charge is 2.41. The third-order valence-electron chi connectivity index (χ3n) is 3.09. The zero-order valence-corrected chi connectivity index (χ0v) is 9.69. The van der Waals surface area contributed by atoms with Crippen LogP contribution in [0, 0.1) is 0 Å². The van der Waals surface area contributed by atoms with Crippen LogP contribution < -0.4 is 10.1 Å². The van der Waals surface area contributed by atoms with Crippen molar-refractivity contribution in [2.45, 2.75) is 24.9 Å². The Balaban J connectivity index is 2.19. The molecule has 1 saturated heterocycles. The first-order valence-corrected chi connectivity index (χ1v) is 5.91. The lowest BCUT2D eigenvalue weighted by Gasteiger charge is -2.28. The number of carboxylic acids is 1. The van der Waals surface area contributed by atoms with Gasteiger partial charge in [0, 0.05) is 6.42 Å². The van der Waals surface area contributed by atoms with Crippen LogP contribution in [0.25, 0.3) is 0 Å². The first-order valence-electron chi connectivity index (χ1n) is 5.91. The van der Waals surface area contributed by atoms with Gasteiger partial charge in [0.15, 0.2) is 0 Å². The first-order chi connectivity index (χ1) is 8.23. The summed E-state index contributed by atoms with van der Waals surface area (Å²) in [6, 6.07) is 9.17. The van der Waals surface area contributed by atoms with Crippen LogP contribution >= 0.6 is 0 Å². The average molecular weight is 235 g/mol. The molecule has 1 aliphatic heterocycles. The lowest BCUT2D eigenvalue weighted by atomic mass is 9.94. The number of carboxylic acid groups (broad SMARTS) is 1. The molecule has 0 aromatic heterocycles. The van der Waals surface area contributed by atoms with Gasteiger partial charge in [0.1, 0.15) is 5.75 Å². The number of para-hydroxylation sites is 1. The Morgan fingerprint density at radius 1 is 1.24 bits per heavy atom. The van der Waals surface area contributed by atoms with Crippen LogP contribution in [0.2, 0.25) is 0 Å². The molecule has 1 aromatic carbocycles. The fourth-order valence-corrected chi connectivity index (χ4v) is 2.11. The van der Waals surface area contributed by atoms with E-state index in [-0.39, 0.29) is 0 Å². The molecule has 4 nitrogen and oxygen atoms in total. The van der Waals surface area contributed by atoms with Crippen molar-refractivity contribution in [3.05, 3.63) is 30.3 Å². The highest BCUT2D eigenvalue weighted by atomic mass is 16.5. The van der Waals surface area contributed by atoms with Crippen molar-refractivity contribution in [3.63, 3.8) is 0 Å². The van der Waals surface area contributed by atoms with Crippen LogP contribution in [0.4, 0.5) is 0 Å². The summed E-state index contributed by atoms with van der Waals surface area (Å²) in [7, 11) is 0. The van der Waals surface area contributed by atoms with E-state index >= 15 is 0 Å². The summed E-state index contributed by atoms with van der Waals surface area (Å²) in [4.78, 5) is 11.5. The average Bonchev–Trinajstić information content (AvgIpc) is 2.57. The molecule has 1 unspecified atom stereocenters. The number of hydrogen-bond donors (Lipinski definition) is 2. The Labute approximate surface area is 101 Å². The van der Waals surface area contributed by atoms with E-state index in [1.807, 2.05) is 18.2 Å². The van der Waals surface area contributed by atoms with E-state index < -0.39 is 11.6 Å². The predicted molar refractivity (Wildman–Crippen MR) is 64.2 cm³/mol. The van der Waals surface area contributed by atoms with Gasteiger partial charge in [-0.05, 0) is 38.1 Å². The molecule has 1 atom stereocenters. The lowest BCUT2D eigenvalue weighted by Crippen LogP contribution is -2.45. The van der Waals surface area contributed by atoms with Gasteiger partial charge in [-0.2, -0.15) is 0 Å². The summed E-state index contributed by atoms with van der Waals surface area (Å²) in [5, 5.41) is 12.6. The summed E-state index contributed by atoms with van der Waals surface area (Å²) >= 11 is 0. The van der Waals surface area contributed by atoms with E-state index in [2.05, 4.69) is 5.32 Å². The van der Waals surface area contributed by atoms with Crippen molar-refractivity contribution in [1.29, 1.82) is 0 Å². The first kappa shape index (κ1) is 11.9. The molecule has 92 valence electrons. The maximum Gasteiger partial charge on any atom is 0.348 e. The molecule has 1 aromatic rings. The Morgan fingerprint density at radius 2 is 2.00 bits per heavy atom. The van der Waals surface area contributed by atoms with Gasteiger partial charge >= 0.3 is 5.97 Å². The fraction of sp³-hybridized carbons (Fsp3) is 0.462. The number of benzene rings is 1. The van der Waals surface area contributed by atoms with Crippen LogP contribution in [-0.2, 0) is 4.79 Å². The molecule has 0 aliphatic carbocycles. The van der Waals surface area contributed by atoms with Gasteiger partial charge in [-0.1, -0.05) is 18.2 Å². The van der Waals surface area contributed by atoms with E-state index in [0.29, 0.717) is 25.1 Å². The van der Waals surface area contributed by atoms with Crippen molar-refractivity contribution in [3.8, 4) is 5.75 Å². The van der Waals surface area contributed by atoms with Gasteiger partial charge in [0.05, 0.1) is 0 Å². The number of nitrogens with one attached hydrogen (secondary N) is 1. The minimum absolute atomic E-state index is 0.497. The molecular formula is C13H17NO3. The largest absolute Gasteiger partial charge is 0.478 e. The molecule has 1 heterocycles. The van der Waals surface area contributed by atoms with E-state index in [0.717, 1.165) is 13.0 Å². The third kappa shape index (κ3) is 2.77. The molecular weight excluding hydrogens is 218 g/mol. The van der Waals surface area contributed by atoms with Crippen molar-refractivity contribution in [2.75, 3.05) is 13.1 Å². The summed E-state index contributed by atoms with van der Waals surface area (Å²) in [5.74, 6) is -0.248. The Morgan fingerprint density at radius 3 is 2.71 bits per heavy atom. The predicted octanol–water partition coefficient (Wildman–Crippen LogP) is 1.66. The van der Waals surface area contributed by atoms with Gasteiger partial charge in [-0.25, -0.2) is 4.79 Å². The summed E-state index contributed by atoms with van der Waals surface area (Å²) < 4.78 is 5.74. The summed E-state index contributed by atoms with van der Waals surface area (Å²) in [6.45, 7) is 1.53. The molecule has 0 saturated carbocycles. The van der Waals surface area contributed by atoms with Crippen molar-refractivity contribution in [1.82, 2.24) is 5.32 Å². The SMILES string of the molecule is O=C(O)C1(Oc2ccccc2)CCCNCC1. The molecule has 0 bridgehead atoms. The Hall–Kier alpha value is -1.55. The van der Waals surface area contributed by atoms with Crippen LogP contribution in [0.15, 0.2) is 30.3 Å². The summed E-state index contributed by atoms with van der Waals surface area (Å²) in [5.41, 5.74) is -1.08. The molecule has 0 radical (unpaired) electrons. The standard InChI is InChI=1S/C13H17NO3/c15-12(16)13(7-4-9-14-10-8-13)17-11-5-2-1-3-6-11/h1-3,5-6,14H,4,7-10H2,(H,15,16). The summed E-state index contributed by atoms with van der Waals surface area (Å²) in [6.07, 6.45) is 1.86. The third-order valence-corrected chi connectivity index (χ3v) is 3.09. The zero-order valence-electron chi connectivity index (χ0n) is 9.69. The smallest absolute Gasteiger partial charge is 0.348 e. The number of rotatable bonds is 3. The Bertz CT molecular complexity index is 370. The second-order valence-corrected chi connectivity index (χ2v) is 4.32. The highest BCUT2D eigenvalue weighted by Crippen LogP contribution is 2.27. The lowest BCUT2D eigenvalue weighted by molar-refractivity contribution is -0.156. The molecule has 2 N–H and O–H groups in total. The van der Waals surface area contributed by atoms with E-state index in [1.165, 1.54) is 0 Å². The fourth-order valence-electron chi connectivity index (χ4n) is 2.11. The van der Waals surface area contributed by atoms with Crippen LogP contribution in [0.1, 0.15) is 19.3 Å². The number of hydrogen-bond acceptors (Lipinski definition) is 3. The molecule has 1 fully saturated rings. The van der Waals surface area contributed by atoms with Crippen molar-refractivity contribution >= 4 is 5.97 Å². The highest BCUT2D eigenvalue weighted by molar-refractivity contribution is 5.78. The quantitative estimate of drug-likeness (QED) is 0.836. The van der Waals surface area contributed by atoms with Gasteiger partial charge in [-0.15, -0.1) is 0 Å². The minimum atomic E-state index is -1.08. The maximum absolute atomic E-state index is 11.5. The second kappa shape index (κ2) is 5.19. The normalized spacial score (nSPS) is 24.9. The van der Waals surface area contributed by atoms with Gasteiger partial charge in [0.2, 0.25) is 5.60 Å². The molecule has 4 heteroatoms. The van der Waals surface area contributed by atoms with Crippen molar-refractivity contribution < 1.29 is 14.6 Å². The van der Waals surface area contributed by atoms with E-state index in [4.69, 9.17) is 4.74 Å². The van der Waals surface area contributed by atoms with Gasteiger partial charge < -0.3 is 15.2 Å². The molecule has 0 amide bonds. The molecule has 1 aliphatic rings.